The lowest BCUT2D eigenvalue weighted by Crippen LogP contribution is -2.30. The first kappa shape index (κ1) is 17.4. The summed E-state index contributed by atoms with van der Waals surface area (Å²) < 4.78 is 1.93. The van der Waals surface area contributed by atoms with Gasteiger partial charge in [0.05, 0.1) is 22.6 Å². The first-order valence-electron chi connectivity index (χ1n) is 8.82. The zero-order valence-electron chi connectivity index (χ0n) is 15.2. The van der Waals surface area contributed by atoms with E-state index in [1.165, 1.54) is 16.9 Å². The number of para-hydroxylation sites is 2. The maximum atomic E-state index is 12.8. The van der Waals surface area contributed by atoms with E-state index in [2.05, 4.69) is 28.3 Å². The van der Waals surface area contributed by atoms with Gasteiger partial charge in [-0.1, -0.05) is 36.4 Å². The summed E-state index contributed by atoms with van der Waals surface area (Å²) in [4.78, 5) is 21.9. The summed E-state index contributed by atoms with van der Waals surface area (Å²) in [6, 6.07) is 15.9. The Labute approximate surface area is 161 Å². The third-order valence-electron chi connectivity index (χ3n) is 4.65. The Morgan fingerprint density at radius 3 is 2.74 bits per heavy atom. The Balaban J connectivity index is 1.62. The molecule has 1 N–H and O–H groups in total. The fourth-order valence-corrected chi connectivity index (χ4v) is 3.87. The van der Waals surface area contributed by atoms with Crippen LogP contribution >= 0.6 is 11.3 Å². The van der Waals surface area contributed by atoms with Crippen molar-refractivity contribution in [2.45, 2.75) is 26.4 Å². The Morgan fingerprint density at radius 1 is 1.19 bits per heavy atom. The molecule has 2 aromatic carbocycles. The summed E-state index contributed by atoms with van der Waals surface area (Å²) in [6.07, 6.45) is 0. The van der Waals surface area contributed by atoms with Crippen molar-refractivity contribution in [1.29, 1.82) is 0 Å². The molecule has 27 heavy (non-hydrogen) atoms. The Bertz CT molecular complexity index is 1080. The number of nitrogens with one attached hydrogen (secondary N) is 1. The molecule has 5 nitrogen and oxygen atoms in total. The third-order valence-corrected chi connectivity index (χ3v) is 5.24. The van der Waals surface area contributed by atoms with E-state index >= 15 is 0 Å². The number of imidazole rings is 1. The summed E-state index contributed by atoms with van der Waals surface area (Å²) in [5, 5.41) is 5.06. The minimum absolute atomic E-state index is 0.0506. The minimum atomic E-state index is -0.0591. The predicted molar refractivity (Wildman–Crippen MR) is 109 cm³/mol. The number of rotatable bonds is 5. The van der Waals surface area contributed by atoms with Gasteiger partial charge < -0.3 is 9.88 Å². The van der Waals surface area contributed by atoms with Crippen LogP contribution in [0.5, 0.6) is 0 Å². The van der Waals surface area contributed by atoms with E-state index in [9.17, 15) is 4.79 Å². The molecule has 0 saturated carbocycles. The molecule has 4 aromatic rings. The highest BCUT2D eigenvalue weighted by Gasteiger charge is 2.18. The maximum Gasteiger partial charge on any atom is 0.240 e. The van der Waals surface area contributed by atoms with Gasteiger partial charge in [-0.05, 0) is 37.1 Å². The van der Waals surface area contributed by atoms with E-state index in [1.54, 1.807) is 5.51 Å². The molecule has 0 saturated heterocycles. The standard InChI is InChI=1S/C21H20N4OS/c1-14-7-3-4-8-16(14)15(2)23-20(26)11-25-19-10-6-5-9-17(19)24-21(25)18-12-27-13-22-18/h3-10,12-13,15H,11H2,1-2H3,(H,23,26)/t15-/m1/s1. The van der Waals surface area contributed by atoms with Crippen LogP contribution in [0, 0.1) is 6.92 Å². The van der Waals surface area contributed by atoms with Crippen molar-refractivity contribution in [3.63, 3.8) is 0 Å². The van der Waals surface area contributed by atoms with Crippen molar-refractivity contribution < 1.29 is 4.79 Å². The molecule has 0 bridgehead atoms. The van der Waals surface area contributed by atoms with Gasteiger partial charge in [0, 0.05) is 5.38 Å². The lowest BCUT2D eigenvalue weighted by Gasteiger charge is -2.17. The van der Waals surface area contributed by atoms with Crippen LogP contribution in [-0.4, -0.2) is 20.4 Å². The van der Waals surface area contributed by atoms with E-state index in [0.29, 0.717) is 0 Å². The first-order chi connectivity index (χ1) is 13.1. The molecule has 0 aliphatic rings. The molecule has 136 valence electrons. The number of amides is 1. The molecule has 0 radical (unpaired) electrons. The van der Waals surface area contributed by atoms with Crippen molar-refractivity contribution in [2.24, 2.45) is 0 Å². The van der Waals surface area contributed by atoms with Gasteiger partial charge >= 0.3 is 0 Å². The van der Waals surface area contributed by atoms with Gasteiger partial charge in [0.25, 0.3) is 0 Å². The number of hydrogen-bond donors (Lipinski definition) is 1. The van der Waals surface area contributed by atoms with Crippen LogP contribution in [0.1, 0.15) is 24.1 Å². The van der Waals surface area contributed by atoms with Crippen LogP contribution < -0.4 is 5.32 Å². The van der Waals surface area contributed by atoms with E-state index in [1.807, 2.05) is 59.3 Å². The second-order valence-electron chi connectivity index (χ2n) is 6.53. The number of thiazole rings is 1. The summed E-state index contributed by atoms with van der Waals surface area (Å²) in [5.74, 6) is 0.668. The van der Waals surface area contributed by atoms with Crippen LogP contribution in [0.15, 0.2) is 59.4 Å². The van der Waals surface area contributed by atoms with E-state index in [0.717, 1.165) is 28.1 Å². The van der Waals surface area contributed by atoms with Crippen molar-refractivity contribution in [3.05, 3.63) is 70.5 Å². The van der Waals surface area contributed by atoms with Crippen molar-refractivity contribution in [1.82, 2.24) is 19.9 Å². The third kappa shape index (κ3) is 3.48. The molecule has 2 aromatic heterocycles. The minimum Gasteiger partial charge on any atom is -0.348 e. The van der Waals surface area contributed by atoms with E-state index in [4.69, 9.17) is 0 Å². The van der Waals surface area contributed by atoms with Crippen LogP contribution in [0.3, 0.4) is 0 Å². The molecule has 1 atom stereocenters. The monoisotopic (exact) mass is 376 g/mol. The van der Waals surface area contributed by atoms with E-state index in [-0.39, 0.29) is 18.5 Å². The summed E-state index contributed by atoms with van der Waals surface area (Å²) >= 11 is 1.52. The van der Waals surface area contributed by atoms with Gasteiger partial charge in [-0.3, -0.25) is 4.79 Å². The molecule has 0 fully saturated rings. The van der Waals surface area contributed by atoms with Crippen molar-refractivity contribution in [3.8, 4) is 11.5 Å². The largest absolute Gasteiger partial charge is 0.348 e. The molecule has 0 unspecified atom stereocenters. The zero-order valence-corrected chi connectivity index (χ0v) is 16.0. The summed E-state index contributed by atoms with van der Waals surface area (Å²) in [5.41, 5.74) is 6.65. The highest BCUT2D eigenvalue weighted by atomic mass is 32.1. The molecule has 2 heterocycles. The number of carbonyl (C=O) groups excluding carboxylic acids is 1. The SMILES string of the molecule is Cc1ccccc1[C@@H](C)NC(=O)Cn1c(-c2cscn2)nc2ccccc21. The molecule has 6 heteroatoms. The average Bonchev–Trinajstić information content (AvgIpc) is 3.30. The molecule has 0 spiro atoms. The van der Waals surface area contributed by atoms with Crippen LogP contribution in [0.4, 0.5) is 0 Å². The topological polar surface area (TPSA) is 59.8 Å². The van der Waals surface area contributed by atoms with Crippen LogP contribution in [-0.2, 0) is 11.3 Å². The van der Waals surface area contributed by atoms with Gasteiger partial charge in [0.1, 0.15) is 12.2 Å². The fraction of sp³-hybridized carbons (Fsp3) is 0.190. The smallest absolute Gasteiger partial charge is 0.240 e. The zero-order chi connectivity index (χ0) is 18.8. The highest BCUT2D eigenvalue weighted by molar-refractivity contribution is 7.07. The second-order valence-corrected chi connectivity index (χ2v) is 7.25. The Hall–Kier alpha value is -2.99. The van der Waals surface area contributed by atoms with Gasteiger partial charge in [0.15, 0.2) is 5.82 Å². The van der Waals surface area contributed by atoms with Gasteiger partial charge in [0.2, 0.25) is 5.91 Å². The Kier molecular flexibility index (Phi) is 4.73. The number of aromatic nitrogens is 3. The van der Waals surface area contributed by atoms with E-state index < -0.39 is 0 Å². The fourth-order valence-electron chi connectivity index (χ4n) is 3.34. The van der Waals surface area contributed by atoms with Crippen molar-refractivity contribution >= 4 is 28.3 Å². The summed E-state index contributed by atoms with van der Waals surface area (Å²) in [6.45, 7) is 4.26. The Morgan fingerprint density at radius 2 is 1.96 bits per heavy atom. The second kappa shape index (κ2) is 7.32. The molecule has 0 aliphatic carbocycles. The number of nitrogens with zero attached hydrogens (tertiary/aromatic N) is 3. The normalized spacial score (nSPS) is 12.2. The molecule has 0 aliphatic heterocycles. The maximum absolute atomic E-state index is 12.8. The first-order valence-corrected chi connectivity index (χ1v) is 9.76. The molecule has 1 amide bonds. The molecule has 4 rings (SSSR count). The van der Waals surface area contributed by atoms with Gasteiger partial charge in [-0.15, -0.1) is 11.3 Å². The molecular formula is C21H20N4OS. The average molecular weight is 376 g/mol. The van der Waals surface area contributed by atoms with Crippen LogP contribution in [0.25, 0.3) is 22.6 Å². The number of hydrogen-bond acceptors (Lipinski definition) is 4. The number of aryl methyl sites for hydroxylation is 1. The summed E-state index contributed by atoms with van der Waals surface area (Å²) in [7, 11) is 0. The van der Waals surface area contributed by atoms with Gasteiger partial charge in [-0.2, -0.15) is 0 Å². The quantitative estimate of drug-likeness (QED) is 0.563. The predicted octanol–water partition coefficient (Wildman–Crippen LogP) is 4.35. The highest BCUT2D eigenvalue weighted by Crippen LogP contribution is 2.25. The number of fused-ring (bicyclic) bond motifs is 1. The van der Waals surface area contributed by atoms with Crippen molar-refractivity contribution in [2.75, 3.05) is 0 Å². The van der Waals surface area contributed by atoms with Gasteiger partial charge in [-0.25, -0.2) is 9.97 Å². The number of benzene rings is 2. The molecular weight excluding hydrogens is 356 g/mol. The number of carbonyl (C=O) groups is 1. The lowest BCUT2D eigenvalue weighted by molar-refractivity contribution is -0.122. The lowest BCUT2D eigenvalue weighted by atomic mass is 10.0. The van der Waals surface area contributed by atoms with Crippen LogP contribution in [0.2, 0.25) is 0 Å².